The Hall–Kier alpha value is -0.560. The van der Waals surface area contributed by atoms with E-state index in [0.29, 0.717) is 18.6 Å². The molecule has 1 N–H and O–H groups in total. The molecule has 0 saturated carbocycles. The van der Waals surface area contributed by atoms with E-state index in [1.165, 1.54) is 0 Å². The summed E-state index contributed by atoms with van der Waals surface area (Å²) in [6.45, 7) is 7.66. The summed E-state index contributed by atoms with van der Waals surface area (Å²) in [4.78, 5) is 5.46. The number of terminal acetylenes is 1. The number of nitrogens with one attached hydrogen (secondary N) is 1. The number of hydrogen-bond acceptors (Lipinski definition) is 3. The molecule has 1 heterocycles. The predicted octanol–water partition coefficient (Wildman–Crippen LogP) is 0.481. The van der Waals surface area contributed by atoms with Gasteiger partial charge in [0.2, 0.25) is 0 Å². The Morgan fingerprint density at radius 1 is 1.69 bits per heavy atom. The third-order valence-electron chi connectivity index (χ3n) is 2.32. The zero-order valence-electron chi connectivity index (χ0n) is 8.42. The fraction of sp³-hybridized carbons (Fsp3) is 0.800. The summed E-state index contributed by atoms with van der Waals surface area (Å²) in [6, 6.07) is 0.446. The lowest BCUT2D eigenvalue weighted by atomic mass is 10.0. The monoisotopic (exact) mass is 182 g/mol. The highest BCUT2D eigenvalue weighted by molar-refractivity contribution is 4.84. The van der Waals surface area contributed by atoms with Gasteiger partial charge in [0.15, 0.2) is 0 Å². The Balaban J connectivity index is 2.42. The van der Waals surface area contributed by atoms with Crippen LogP contribution in [0, 0.1) is 18.3 Å². The van der Waals surface area contributed by atoms with Gasteiger partial charge in [0, 0.05) is 19.6 Å². The van der Waals surface area contributed by atoms with Gasteiger partial charge >= 0.3 is 0 Å². The highest BCUT2D eigenvalue weighted by Crippen LogP contribution is 2.12. The van der Waals surface area contributed by atoms with E-state index in [1.54, 1.807) is 0 Å². The second-order valence-corrected chi connectivity index (χ2v) is 3.63. The summed E-state index contributed by atoms with van der Waals surface area (Å²) in [5.74, 6) is 3.08. The maximum absolute atomic E-state index is 5.46. The summed E-state index contributed by atoms with van der Waals surface area (Å²) < 4.78 is 0. The molecule has 0 radical (unpaired) electrons. The first-order valence-electron chi connectivity index (χ1n) is 4.79. The van der Waals surface area contributed by atoms with Gasteiger partial charge in [-0.05, 0) is 5.92 Å². The van der Waals surface area contributed by atoms with Crippen LogP contribution in [-0.2, 0) is 4.84 Å². The molecule has 0 aliphatic carbocycles. The van der Waals surface area contributed by atoms with Crippen LogP contribution in [0.15, 0.2) is 0 Å². The zero-order valence-corrected chi connectivity index (χ0v) is 8.42. The minimum absolute atomic E-state index is 0.378. The van der Waals surface area contributed by atoms with E-state index in [2.05, 4.69) is 25.1 Å². The molecule has 1 atom stereocenters. The first-order chi connectivity index (χ1) is 6.25. The van der Waals surface area contributed by atoms with Crippen molar-refractivity contribution in [3.63, 3.8) is 0 Å². The van der Waals surface area contributed by atoms with E-state index in [9.17, 15) is 0 Å². The third-order valence-corrected chi connectivity index (χ3v) is 2.32. The molecule has 1 fully saturated rings. The molecule has 1 aliphatic heterocycles. The van der Waals surface area contributed by atoms with Crippen LogP contribution in [0.4, 0.5) is 0 Å². The largest absolute Gasteiger partial charge is 0.314 e. The highest BCUT2D eigenvalue weighted by Gasteiger charge is 2.25. The normalized spacial score (nSPS) is 24.6. The van der Waals surface area contributed by atoms with Crippen LogP contribution >= 0.6 is 0 Å². The molecule has 13 heavy (non-hydrogen) atoms. The first-order valence-corrected chi connectivity index (χ1v) is 4.79. The topological polar surface area (TPSA) is 24.5 Å². The van der Waals surface area contributed by atoms with E-state index in [1.807, 2.05) is 5.06 Å². The second kappa shape index (κ2) is 5.23. The van der Waals surface area contributed by atoms with Crippen molar-refractivity contribution in [2.75, 3.05) is 26.2 Å². The van der Waals surface area contributed by atoms with Gasteiger partial charge in [-0.1, -0.05) is 19.8 Å². The van der Waals surface area contributed by atoms with Crippen molar-refractivity contribution in [1.29, 1.82) is 0 Å². The first kappa shape index (κ1) is 10.5. The highest BCUT2D eigenvalue weighted by atomic mass is 16.7. The molecule has 0 bridgehead atoms. The van der Waals surface area contributed by atoms with Crippen molar-refractivity contribution >= 4 is 0 Å². The van der Waals surface area contributed by atoms with Crippen LogP contribution in [0.3, 0.4) is 0 Å². The van der Waals surface area contributed by atoms with Gasteiger partial charge in [-0.15, -0.1) is 6.42 Å². The van der Waals surface area contributed by atoms with Crippen molar-refractivity contribution in [2.45, 2.75) is 19.9 Å². The van der Waals surface area contributed by atoms with Gasteiger partial charge in [0.05, 0.1) is 6.04 Å². The van der Waals surface area contributed by atoms with E-state index >= 15 is 0 Å². The van der Waals surface area contributed by atoms with Crippen LogP contribution in [0.1, 0.15) is 13.8 Å². The molecule has 74 valence electrons. The van der Waals surface area contributed by atoms with Crippen molar-refractivity contribution in [2.24, 2.45) is 5.92 Å². The van der Waals surface area contributed by atoms with Gasteiger partial charge < -0.3 is 5.32 Å². The fourth-order valence-electron chi connectivity index (χ4n) is 1.56. The van der Waals surface area contributed by atoms with Crippen molar-refractivity contribution < 1.29 is 4.84 Å². The minimum atomic E-state index is 0.378. The molecule has 3 heteroatoms. The van der Waals surface area contributed by atoms with Crippen LogP contribution in [0.5, 0.6) is 0 Å². The van der Waals surface area contributed by atoms with Gasteiger partial charge in [0.1, 0.15) is 6.61 Å². The molecule has 1 saturated heterocycles. The molecule has 0 aromatic heterocycles. The van der Waals surface area contributed by atoms with Gasteiger partial charge in [-0.3, -0.25) is 4.84 Å². The lowest BCUT2D eigenvalue weighted by Crippen LogP contribution is -2.53. The molecular weight excluding hydrogens is 164 g/mol. The van der Waals surface area contributed by atoms with E-state index < -0.39 is 0 Å². The van der Waals surface area contributed by atoms with Crippen molar-refractivity contribution in [3.8, 4) is 12.3 Å². The Labute approximate surface area is 80.4 Å². The third kappa shape index (κ3) is 3.00. The van der Waals surface area contributed by atoms with Crippen LogP contribution in [0.25, 0.3) is 0 Å². The number of hydroxylamine groups is 2. The lowest BCUT2D eigenvalue weighted by molar-refractivity contribution is -0.191. The summed E-state index contributed by atoms with van der Waals surface area (Å²) in [7, 11) is 0. The Bertz CT molecular complexity index is 186. The number of piperazine rings is 1. The standard InChI is InChI=1S/C10H18N2O/c1-4-7-13-12-6-5-11-8-10(12)9(2)3/h1,9-11H,5-8H2,2-3H3. The summed E-state index contributed by atoms with van der Waals surface area (Å²) >= 11 is 0. The van der Waals surface area contributed by atoms with Crippen LogP contribution in [-0.4, -0.2) is 37.3 Å². The number of rotatable bonds is 3. The Morgan fingerprint density at radius 2 is 2.46 bits per heavy atom. The molecule has 1 aliphatic rings. The average molecular weight is 182 g/mol. The van der Waals surface area contributed by atoms with Crippen molar-refractivity contribution in [3.05, 3.63) is 0 Å². The molecule has 1 unspecified atom stereocenters. The van der Waals surface area contributed by atoms with Gasteiger partial charge in [-0.25, -0.2) is 0 Å². The minimum Gasteiger partial charge on any atom is -0.314 e. The zero-order chi connectivity index (χ0) is 9.68. The van der Waals surface area contributed by atoms with Gasteiger partial charge in [-0.2, -0.15) is 5.06 Å². The Morgan fingerprint density at radius 3 is 3.08 bits per heavy atom. The van der Waals surface area contributed by atoms with Crippen LogP contribution < -0.4 is 5.32 Å². The van der Waals surface area contributed by atoms with Crippen molar-refractivity contribution in [1.82, 2.24) is 10.4 Å². The molecule has 1 rings (SSSR count). The maximum Gasteiger partial charge on any atom is 0.129 e. The summed E-state index contributed by atoms with van der Waals surface area (Å²) in [5.41, 5.74) is 0. The summed E-state index contributed by atoms with van der Waals surface area (Å²) in [6.07, 6.45) is 5.15. The number of nitrogens with zero attached hydrogens (tertiary/aromatic N) is 1. The predicted molar refractivity (Wildman–Crippen MR) is 53.0 cm³/mol. The molecule has 0 aromatic rings. The molecule has 3 nitrogen and oxygen atoms in total. The van der Waals surface area contributed by atoms with Crippen LogP contribution in [0.2, 0.25) is 0 Å². The smallest absolute Gasteiger partial charge is 0.129 e. The fourth-order valence-corrected chi connectivity index (χ4v) is 1.56. The quantitative estimate of drug-likeness (QED) is 0.643. The number of hydrogen-bond donors (Lipinski definition) is 1. The summed E-state index contributed by atoms with van der Waals surface area (Å²) in [5, 5.41) is 5.36. The lowest BCUT2D eigenvalue weighted by Gasteiger charge is -2.36. The average Bonchev–Trinajstić information content (AvgIpc) is 2.15. The van der Waals surface area contributed by atoms with E-state index in [-0.39, 0.29) is 0 Å². The maximum atomic E-state index is 5.46. The molecule has 0 amide bonds. The SMILES string of the molecule is C#CCON1CCNCC1C(C)C. The second-order valence-electron chi connectivity index (χ2n) is 3.63. The molecule has 0 spiro atoms. The van der Waals surface area contributed by atoms with E-state index in [4.69, 9.17) is 11.3 Å². The Kier molecular flexibility index (Phi) is 4.23. The molecule has 0 aromatic carbocycles. The molecular formula is C10H18N2O. The van der Waals surface area contributed by atoms with E-state index in [0.717, 1.165) is 19.6 Å². The van der Waals surface area contributed by atoms with Gasteiger partial charge in [0.25, 0.3) is 0 Å².